The van der Waals surface area contributed by atoms with Gasteiger partial charge in [0.25, 0.3) is 0 Å². The number of aldehydes is 1. The Balaban J connectivity index is 0.000000205. The summed E-state index contributed by atoms with van der Waals surface area (Å²) in [5.41, 5.74) is 0.520. The van der Waals surface area contributed by atoms with Gasteiger partial charge in [0.1, 0.15) is 11.6 Å². The van der Waals surface area contributed by atoms with Crippen LogP contribution in [0.5, 0.6) is 0 Å². The maximum Gasteiger partial charge on any atom is 0.418 e. The van der Waals surface area contributed by atoms with E-state index in [0.717, 1.165) is 12.3 Å². The Morgan fingerprint density at radius 3 is 1.78 bits per heavy atom. The molecule has 4 aromatic rings. The molecule has 1 atom stereocenters. The molecule has 0 bridgehead atoms. The van der Waals surface area contributed by atoms with Gasteiger partial charge >= 0.3 is 6.18 Å². The van der Waals surface area contributed by atoms with Crippen LogP contribution in [0.15, 0.2) is 73.3 Å². The number of carbonyl (C=O) groups excluding carboxylic acids is 1. The summed E-state index contributed by atoms with van der Waals surface area (Å²) < 4.78 is 65.2. The average Bonchev–Trinajstić information content (AvgIpc) is 2.83. The zero-order valence-electron chi connectivity index (χ0n) is 18.0. The van der Waals surface area contributed by atoms with Gasteiger partial charge in [0.15, 0.2) is 12.4 Å². The molecular weight excluding hydrogens is 526 g/mol. The number of alkyl halides is 3. The highest BCUT2D eigenvalue weighted by atomic mass is 35.5. The Morgan fingerprint density at radius 2 is 1.28 bits per heavy atom. The Labute approximate surface area is 212 Å². The van der Waals surface area contributed by atoms with Crippen molar-refractivity contribution < 1.29 is 31.9 Å². The maximum absolute atomic E-state index is 13.8. The summed E-state index contributed by atoms with van der Waals surface area (Å²) in [6.45, 7) is 0. The molecule has 186 valence electrons. The normalized spacial score (nSPS) is 11.9. The lowest BCUT2D eigenvalue weighted by Crippen LogP contribution is -2.21. The van der Waals surface area contributed by atoms with Crippen molar-refractivity contribution in [3.63, 3.8) is 0 Å². The van der Waals surface area contributed by atoms with E-state index in [4.69, 9.17) is 23.2 Å². The largest absolute Gasteiger partial charge is 0.418 e. The van der Waals surface area contributed by atoms with Crippen LogP contribution in [0.1, 0.15) is 22.0 Å². The van der Waals surface area contributed by atoms with Crippen LogP contribution in [0.2, 0.25) is 10.0 Å². The Kier molecular flexibility index (Phi) is 8.73. The summed E-state index contributed by atoms with van der Waals surface area (Å²) >= 11 is 11.3. The second kappa shape index (κ2) is 11.6. The maximum atomic E-state index is 13.8. The van der Waals surface area contributed by atoms with Gasteiger partial charge in [0.05, 0.1) is 0 Å². The smallest absolute Gasteiger partial charge is 0.379 e. The van der Waals surface area contributed by atoms with Crippen LogP contribution in [0, 0.1) is 11.6 Å². The molecule has 4 nitrogen and oxygen atoms in total. The molecule has 2 heterocycles. The summed E-state index contributed by atoms with van der Waals surface area (Å²) in [6.07, 6.45) is -1.96. The molecule has 2 aromatic carbocycles. The first-order valence-electron chi connectivity index (χ1n) is 10.0. The molecule has 1 N–H and O–H groups in total. The predicted molar refractivity (Wildman–Crippen MR) is 126 cm³/mol. The molecule has 0 fully saturated rings. The minimum absolute atomic E-state index is 0.0843. The van der Waals surface area contributed by atoms with Gasteiger partial charge in [-0.2, -0.15) is 13.2 Å². The van der Waals surface area contributed by atoms with E-state index in [1.54, 1.807) is 18.2 Å². The lowest BCUT2D eigenvalue weighted by Gasteiger charge is -2.18. The van der Waals surface area contributed by atoms with E-state index >= 15 is 0 Å². The highest BCUT2D eigenvalue weighted by Crippen LogP contribution is 2.38. The fourth-order valence-electron chi connectivity index (χ4n) is 3.21. The first-order valence-corrected chi connectivity index (χ1v) is 10.8. The first-order chi connectivity index (χ1) is 17.0. The summed E-state index contributed by atoms with van der Waals surface area (Å²) in [4.78, 5) is 18.1. The van der Waals surface area contributed by atoms with Crippen LogP contribution < -0.4 is 0 Å². The van der Waals surface area contributed by atoms with Crippen LogP contribution in [0.4, 0.5) is 22.0 Å². The third-order valence-electron chi connectivity index (χ3n) is 4.88. The highest BCUT2D eigenvalue weighted by molar-refractivity contribution is 6.31. The Morgan fingerprint density at radius 1 is 0.778 bits per heavy atom. The Bertz CT molecular complexity index is 1380. The number of nitrogens with zero attached hydrogens (tertiary/aromatic N) is 2. The number of halogens is 7. The van der Waals surface area contributed by atoms with Crippen molar-refractivity contribution in [3.05, 3.63) is 106 Å². The van der Waals surface area contributed by atoms with Gasteiger partial charge in [-0.1, -0.05) is 23.2 Å². The van der Waals surface area contributed by atoms with Crippen molar-refractivity contribution in [2.24, 2.45) is 0 Å². The fourth-order valence-corrected chi connectivity index (χ4v) is 3.53. The van der Waals surface area contributed by atoms with Gasteiger partial charge in [-0.3, -0.25) is 14.8 Å². The number of aliphatic hydroxyl groups is 1. The topological polar surface area (TPSA) is 63.1 Å². The zero-order chi connectivity index (χ0) is 26.5. The average molecular weight is 541 g/mol. The molecule has 4 rings (SSSR count). The van der Waals surface area contributed by atoms with Gasteiger partial charge in [-0.15, -0.1) is 0 Å². The van der Waals surface area contributed by atoms with Crippen LogP contribution in [-0.2, 0) is 0 Å². The number of hydrogen-bond acceptors (Lipinski definition) is 4. The number of aromatic nitrogens is 2. The van der Waals surface area contributed by atoms with E-state index in [2.05, 4.69) is 9.97 Å². The van der Waals surface area contributed by atoms with Crippen molar-refractivity contribution in [3.8, 4) is 22.3 Å². The molecule has 36 heavy (non-hydrogen) atoms. The minimum atomic E-state index is -4.86. The molecule has 0 aliphatic heterocycles. The van der Waals surface area contributed by atoms with E-state index in [1.165, 1.54) is 42.9 Å². The van der Waals surface area contributed by atoms with Crippen LogP contribution >= 0.6 is 23.2 Å². The van der Waals surface area contributed by atoms with Crippen LogP contribution in [0.3, 0.4) is 0 Å². The van der Waals surface area contributed by atoms with Crippen LogP contribution in [0.25, 0.3) is 22.3 Å². The molecule has 0 spiro atoms. The van der Waals surface area contributed by atoms with Crippen molar-refractivity contribution in [2.75, 3.05) is 0 Å². The van der Waals surface area contributed by atoms with E-state index in [-0.39, 0.29) is 16.1 Å². The van der Waals surface area contributed by atoms with Gasteiger partial charge < -0.3 is 5.11 Å². The number of hydrogen-bond donors (Lipinski definition) is 1. The zero-order valence-corrected chi connectivity index (χ0v) is 19.5. The molecule has 0 saturated heterocycles. The molecule has 0 saturated carbocycles. The van der Waals surface area contributed by atoms with Crippen LogP contribution in [-0.4, -0.2) is 27.5 Å². The number of rotatable bonds is 4. The molecule has 2 aromatic heterocycles. The van der Waals surface area contributed by atoms with Crippen molar-refractivity contribution >= 4 is 29.5 Å². The monoisotopic (exact) mass is 540 g/mol. The van der Waals surface area contributed by atoms with E-state index in [9.17, 15) is 31.9 Å². The summed E-state index contributed by atoms with van der Waals surface area (Å²) in [5.74, 6) is -1.24. The minimum Gasteiger partial charge on any atom is -0.379 e. The number of pyridine rings is 2. The van der Waals surface area contributed by atoms with E-state index in [0.29, 0.717) is 28.0 Å². The number of carbonyl (C=O) groups is 1. The first kappa shape index (κ1) is 27.2. The molecule has 0 aliphatic rings. The molecular formula is C25H15Cl2F5N2O2. The highest BCUT2D eigenvalue weighted by Gasteiger charge is 2.41. The third kappa shape index (κ3) is 6.42. The molecule has 0 aliphatic carbocycles. The van der Waals surface area contributed by atoms with Gasteiger partial charge in [0.2, 0.25) is 0 Å². The lowest BCUT2D eigenvalue weighted by atomic mass is 9.97. The molecule has 11 heteroatoms. The van der Waals surface area contributed by atoms with Crippen molar-refractivity contribution in [2.45, 2.75) is 12.3 Å². The van der Waals surface area contributed by atoms with Gasteiger partial charge in [0, 0.05) is 57.1 Å². The van der Waals surface area contributed by atoms with Crippen molar-refractivity contribution in [1.82, 2.24) is 9.97 Å². The SMILES string of the molecule is O=Cc1cnccc1-c1ccc(Cl)cc1F.OC(c1cnccc1-c1ccc(Cl)cc1F)C(F)(F)F. The predicted octanol–water partition coefficient (Wildman–Crippen LogP) is 7.49. The summed E-state index contributed by atoms with van der Waals surface area (Å²) in [7, 11) is 0. The second-order valence-electron chi connectivity index (χ2n) is 7.24. The van der Waals surface area contributed by atoms with Crippen molar-refractivity contribution in [1.29, 1.82) is 0 Å². The second-order valence-corrected chi connectivity index (χ2v) is 8.11. The standard InChI is InChI=1S/C13H8ClF4NO.C12H7ClFNO/c14-7-1-2-9(11(15)5-7)8-3-4-19-6-10(8)12(20)13(16,17)18;13-9-1-2-11(12(14)5-9)10-3-4-15-6-8(10)7-16/h1-6,12,20H;1-7H. The van der Waals surface area contributed by atoms with Gasteiger partial charge in [-0.05, 0) is 59.7 Å². The lowest BCUT2D eigenvalue weighted by molar-refractivity contribution is -0.206. The molecule has 1 unspecified atom stereocenters. The van der Waals surface area contributed by atoms with E-state index < -0.39 is 29.5 Å². The number of aliphatic hydroxyl groups excluding tert-OH is 1. The van der Waals surface area contributed by atoms with E-state index in [1.807, 2.05) is 0 Å². The summed E-state index contributed by atoms with van der Waals surface area (Å²) in [5, 5.41) is 9.78. The quantitative estimate of drug-likeness (QED) is 0.215. The van der Waals surface area contributed by atoms with Gasteiger partial charge in [-0.25, -0.2) is 8.78 Å². The third-order valence-corrected chi connectivity index (χ3v) is 5.35. The number of benzene rings is 2. The fraction of sp³-hybridized carbons (Fsp3) is 0.0800. The molecule has 0 amide bonds. The Hall–Kier alpha value is -3.40. The summed E-state index contributed by atoms with van der Waals surface area (Å²) in [6, 6.07) is 10.7. The molecule has 0 radical (unpaired) electrons.